The minimum absolute atomic E-state index is 0.175. The van der Waals surface area contributed by atoms with Crippen molar-refractivity contribution in [1.29, 1.82) is 0 Å². The zero-order chi connectivity index (χ0) is 23.5. The second-order valence-corrected chi connectivity index (χ2v) is 9.51. The number of sulfonamides is 1. The van der Waals surface area contributed by atoms with Gasteiger partial charge in [0.15, 0.2) is 0 Å². The van der Waals surface area contributed by atoms with Crippen molar-refractivity contribution in [3.8, 4) is 11.5 Å². The number of amides is 1. The Hall–Kier alpha value is -3.11. The lowest BCUT2D eigenvalue weighted by Crippen LogP contribution is -2.22. The van der Waals surface area contributed by atoms with Crippen molar-refractivity contribution in [2.45, 2.75) is 31.2 Å². The standard InChI is InChI=1S/C22H28N4O5S/c1-6-26-20-8-7-18(32(28,29)25(2)3)14-19(20)24-21(26)9-10-22(27)23-15-11-16(30-4)13-17(12-15)31-5/h7-8,11-14H,6,9-10H2,1-5H3,(H,23,27). The summed E-state index contributed by atoms with van der Waals surface area (Å²) in [5, 5.41) is 2.85. The Morgan fingerprint density at radius 2 is 1.75 bits per heavy atom. The summed E-state index contributed by atoms with van der Waals surface area (Å²) in [6.07, 6.45) is 0.622. The maximum atomic E-state index is 12.5. The van der Waals surface area contributed by atoms with Gasteiger partial charge < -0.3 is 19.4 Å². The molecule has 9 nitrogen and oxygen atoms in total. The van der Waals surface area contributed by atoms with Gasteiger partial charge in [0.05, 0.1) is 30.1 Å². The molecule has 0 radical (unpaired) electrons. The number of hydrogen-bond donors (Lipinski definition) is 1. The number of anilines is 1. The van der Waals surface area contributed by atoms with Crippen molar-refractivity contribution in [3.05, 3.63) is 42.2 Å². The number of hydrogen-bond acceptors (Lipinski definition) is 6. The Bertz CT molecular complexity index is 1210. The van der Waals surface area contributed by atoms with Crippen molar-refractivity contribution < 1.29 is 22.7 Å². The molecular formula is C22H28N4O5S. The Kier molecular flexibility index (Phi) is 7.05. The smallest absolute Gasteiger partial charge is 0.242 e. The molecular weight excluding hydrogens is 432 g/mol. The summed E-state index contributed by atoms with van der Waals surface area (Å²) in [6, 6.07) is 10.1. The summed E-state index contributed by atoms with van der Waals surface area (Å²) >= 11 is 0. The number of carbonyl (C=O) groups excluding carboxylic acids is 1. The van der Waals surface area contributed by atoms with E-state index in [4.69, 9.17) is 9.47 Å². The van der Waals surface area contributed by atoms with E-state index in [0.717, 1.165) is 11.3 Å². The fourth-order valence-corrected chi connectivity index (χ4v) is 4.33. The van der Waals surface area contributed by atoms with Gasteiger partial charge in [-0.2, -0.15) is 0 Å². The first-order valence-electron chi connectivity index (χ1n) is 10.1. The molecule has 32 heavy (non-hydrogen) atoms. The number of aryl methyl sites for hydroxylation is 2. The number of carbonyl (C=O) groups is 1. The van der Waals surface area contributed by atoms with Gasteiger partial charge >= 0.3 is 0 Å². The van der Waals surface area contributed by atoms with Crippen molar-refractivity contribution in [2.75, 3.05) is 33.6 Å². The lowest BCUT2D eigenvalue weighted by Gasteiger charge is -2.11. The summed E-state index contributed by atoms with van der Waals surface area (Å²) in [4.78, 5) is 17.3. The Morgan fingerprint density at radius 3 is 2.31 bits per heavy atom. The molecule has 1 aromatic heterocycles. The van der Waals surface area contributed by atoms with E-state index in [1.54, 1.807) is 50.6 Å². The summed E-state index contributed by atoms with van der Waals surface area (Å²) < 4.78 is 38.5. The lowest BCUT2D eigenvalue weighted by molar-refractivity contribution is -0.116. The van der Waals surface area contributed by atoms with E-state index < -0.39 is 10.0 Å². The molecule has 0 fully saturated rings. The molecule has 0 unspecified atom stereocenters. The first kappa shape index (κ1) is 23.6. The van der Waals surface area contributed by atoms with Crippen LogP contribution < -0.4 is 14.8 Å². The Balaban J connectivity index is 1.79. The fourth-order valence-electron chi connectivity index (χ4n) is 3.40. The van der Waals surface area contributed by atoms with E-state index in [9.17, 15) is 13.2 Å². The predicted molar refractivity (Wildman–Crippen MR) is 123 cm³/mol. The topological polar surface area (TPSA) is 103 Å². The molecule has 172 valence electrons. The Morgan fingerprint density at radius 1 is 1.09 bits per heavy atom. The molecule has 1 N–H and O–H groups in total. The van der Waals surface area contributed by atoms with E-state index in [1.807, 2.05) is 11.5 Å². The number of aromatic nitrogens is 2. The number of nitrogens with one attached hydrogen (secondary N) is 1. The van der Waals surface area contributed by atoms with E-state index in [1.165, 1.54) is 18.4 Å². The molecule has 0 aliphatic heterocycles. The first-order valence-corrected chi connectivity index (χ1v) is 11.6. The van der Waals surface area contributed by atoms with Gasteiger partial charge in [-0.05, 0) is 25.1 Å². The van der Waals surface area contributed by atoms with Crippen LogP contribution in [0.15, 0.2) is 41.3 Å². The van der Waals surface area contributed by atoms with E-state index >= 15 is 0 Å². The molecule has 0 aliphatic carbocycles. The monoisotopic (exact) mass is 460 g/mol. The quantitative estimate of drug-likeness (QED) is 0.527. The maximum Gasteiger partial charge on any atom is 0.242 e. The van der Waals surface area contributed by atoms with Crippen LogP contribution in [-0.2, 0) is 27.8 Å². The third-order valence-electron chi connectivity index (χ3n) is 5.10. The van der Waals surface area contributed by atoms with Gasteiger partial charge in [0.25, 0.3) is 0 Å². The zero-order valence-corrected chi connectivity index (χ0v) is 19.7. The van der Waals surface area contributed by atoms with Crippen LogP contribution in [0.4, 0.5) is 5.69 Å². The third-order valence-corrected chi connectivity index (χ3v) is 6.92. The number of rotatable bonds is 9. The number of nitrogens with zero attached hydrogens (tertiary/aromatic N) is 3. The van der Waals surface area contributed by atoms with Crippen LogP contribution in [0.1, 0.15) is 19.2 Å². The molecule has 0 bridgehead atoms. The van der Waals surface area contributed by atoms with Crippen molar-refractivity contribution in [2.24, 2.45) is 0 Å². The molecule has 0 atom stereocenters. The summed E-state index contributed by atoms with van der Waals surface area (Å²) in [6.45, 7) is 2.64. The van der Waals surface area contributed by atoms with Crippen LogP contribution >= 0.6 is 0 Å². The highest BCUT2D eigenvalue weighted by Crippen LogP contribution is 2.26. The fraction of sp³-hybridized carbons (Fsp3) is 0.364. The molecule has 1 heterocycles. The molecule has 10 heteroatoms. The highest BCUT2D eigenvalue weighted by molar-refractivity contribution is 7.89. The average Bonchev–Trinajstić information content (AvgIpc) is 3.13. The lowest BCUT2D eigenvalue weighted by atomic mass is 10.2. The van der Waals surface area contributed by atoms with Crippen LogP contribution in [0.25, 0.3) is 11.0 Å². The van der Waals surface area contributed by atoms with Crippen LogP contribution in [0.2, 0.25) is 0 Å². The minimum Gasteiger partial charge on any atom is -0.497 e. The van der Waals surface area contributed by atoms with Gasteiger partial charge in [-0.15, -0.1) is 0 Å². The van der Waals surface area contributed by atoms with Crippen LogP contribution in [0.3, 0.4) is 0 Å². The second-order valence-electron chi connectivity index (χ2n) is 7.36. The zero-order valence-electron chi connectivity index (χ0n) is 18.9. The van der Waals surface area contributed by atoms with Gasteiger partial charge in [-0.1, -0.05) is 0 Å². The van der Waals surface area contributed by atoms with Crippen molar-refractivity contribution in [1.82, 2.24) is 13.9 Å². The van der Waals surface area contributed by atoms with Crippen LogP contribution in [-0.4, -0.2) is 56.5 Å². The van der Waals surface area contributed by atoms with Gasteiger partial charge in [-0.25, -0.2) is 17.7 Å². The highest BCUT2D eigenvalue weighted by Gasteiger charge is 2.20. The van der Waals surface area contributed by atoms with Gasteiger partial charge in [0.1, 0.15) is 17.3 Å². The number of fused-ring (bicyclic) bond motifs is 1. The predicted octanol–water partition coefficient (Wildman–Crippen LogP) is 2.90. The molecule has 3 rings (SSSR count). The van der Waals surface area contributed by atoms with Crippen molar-refractivity contribution in [3.63, 3.8) is 0 Å². The number of ether oxygens (including phenoxy) is 2. The molecule has 0 aliphatic rings. The molecule has 1 amide bonds. The first-order chi connectivity index (χ1) is 15.2. The number of benzene rings is 2. The molecule has 3 aromatic rings. The van der Waals surface area contributed by atoms with Crippen LogP contribution in [0, 0.1) is 0 Å². The van der Waals surface area contributed by atoms with E-state index in [0.29, 0.717) is 35.7 Å². The summed E-state index contributed by atoms with van der Waals surface area (Å²) in [5.74, 6) is 1.71. The number of methoxy groups -OCH3 is 2. The average molecular weight is 461 g/mol. The normalized spacial score (nSPS) is 11.7. The Labute approximate surface area is 188 Å². The van der Waals surface area contributed by atoms with Crippen molar-refractivity contribution >= 4 is 32.7 Å². The van der Waals surface area contributed by atoms with Gasteiger partial charge in [0.2, 0.25) is 15.9 Å². The molecule has 2 aromatic carbocycles. The van der Waals surface area contributed by atoms with Crippen LogP contribution in [0.5, 0.6) is 11.5 Å². The van der Waals surface area contributed by atoms with E-state index in [2.05, 4.69) is 10.3 Å². The second kappa shape index (κ2) is 9.58. The van der Waals surface area contributed by atoms with Gasteiger partial charge in [0, 0.05) is 57.4 Å². The molecule has 0 saturated carbocycles. The summed E-state index contributed by atoms with van der Waals surface area (Å²) in [7, 11) is 2.53. The molecule has 0 spiro atoms. The minimum atomic E-state index is -3.55. The third kappa shape index (κ3) is 4.86. The van der Waals surface area contributed by atoms with E-state index in [-0.39, 0.29) is 17.2 Å². The highest BCUT2D eigenvalue weighted by atomic mass is 32.2. The SMILES string of the molecule is CCn1c(CCC(=O)Nc2cc(OC)cc(OC)c2)nc2cc(S(=O)(=O)N(C)C)ccc21. The number of imidazole rings is 1. The summed E-state index contributed by atoms with van der Waals surface area (Å²) in [5.41, 5.74) is 1.99. The van der Waals surface area contributed by atoms with Gasteiger partial charge in [-0.3, -0.25) is 4.79 Å². The largest absolute Gasteiger partial charge is 0.497 e. The molecule has 0 saturated heterocycles. The maximum absolute atomic E-state index is 12.5.